The maximum absolute atomic E-state index is 12.6. The van der Waals surface area contributed by atoms with Crippen LogP contribution in [0.4, 0.5) is 0 Å². The van der Waals surface area contributed by atoms with E-state index < -0.39 is 19.1 Å². The normalized spacial score (nSPS) is 28.4. The molecule has 2 bridgehead atoms. The van der Waals surface area contributed by atoms with Crippen LogP contribution in [0.25, 0.3) is 0 Å². The molecule has 1 aromatic rings. The molecule has 2 amide bonds. The molecule has 3 fully saturated rings. The maximum Gasteiger partial charge on any atom is 0.326 e. The van der Waals surface area contributed by atoms with Crippen molar-refractivity contribution in [2.45, 2.75) is 19.3 Å². The lowest BCUT2D eigenvalue weighted by Gasteiger charge is -2.19. The number of nitrogens with zero attached hydrogens (tertiary/aromatic N) is 1. The standard InChI is InChI=1S/C20H21NO6/c1-26-14-4-2-3-11(8-14)15(22)10-27-16(23)9-21-19(24)17-12-5-6-13(7-12)18(17)20(21)25/h2-4,8,12-13,17-18H,5-7,9-10H2,1H3. The van der Waals surface area contributed by atoms with Crippen molar-refractivity contribution in [2.24, 2.45) is 23.7 Å². The van der Waals surface area contributed by atoms with Crippen LogP contribution in [0.3, 0.4) is 0 Å². The van der Waals surface area contributed by atoms with E-state index >= 15 is 0 Å². The molecule has 7 nitrogen and oxygen atoms in total. The molecule has 0 N–H and O–H groups in total. The SMILES string of the molecule is COc1cccc(C(=O)COC(=O)CN2C(=O)C3C4CCC(C4)C3C2=O)c1. The quantitative estimate of drug-likeness (QED) is 0.427. The number of rotatable bonds is 6. The monoisotopic (exact) mass is 371 g/mol. The van der Waals surface area contributed by atoms with E-state index in [1.165, 1.54) is 7.11 Å². The van der Waals surface area contributed by atoms with E-state index in [2.05, 4.69) is 0 Å². The number of Topliss-reactive ketones (excluding diaryl/α,β-unsaturated/α-hetero) is 1. The van der Waals surface area contributed by atoms with Crippen molar-refractivity contribution in [3.05, 3.63) is 29.8 Å². The largest absolute Gasteiger partial charge is 0.497 e. The number of carbonyl (C=O) groups excluding carboxylic acids is 4. The lowest BCUT2D eigenvalue weighted by atomic mass is 9.81. The summed E-state index contributed by atoms with van der Waals surface area (Å²) >= 11 is 0. The Morgan fingerprint density at radius 2 is 1.78 bits per heavy atom. The summed E-state index contributed by atoms with van der Waals surface area (Å²) < 4.78 is 10.1. The zero-order valence-corrected chi connectivity index (χ0v) is 15.1. The third-order valence-electron chi connectivity index (χ3n) is 6.06. The Morgan fingerprint density at radius 3 is 2.41 bits per heavy atom. The van der Waals surface area contributed by atoms with Crippen LogP contribution in [0.1, 0.15) is 29.6 Å². The van der Waals surface area contributed by atoms with Gasteiger partial charge in [0.15, 0.2) is 12.4 Å². The molecule has 1 aliphatic heterocycles. The van der Waals surface area contributed by atoms with Crippen molar-refractivity contribution in [1.82, 2.24) is 4.90 Å². The smallest absolute Gasteiger partial charge is 0.326 e. The van der Waals surface area contributed by atoms with Gasteiger partial charge in [-0.2, -0.15) is 0 Å². The highest BCUT2D eigenvalue weighted by molar-refractivity contribution is 6.08. The molecule has 7 heteroatoms. The van der Waals surface area contributed by atoms with E-state index in [1.54, 1.807) is 24.3 Å². The van der Waals surface area contributed by atoms with Crippen molar-refractivity contribution in [3.8, 4) is 5.75 Å². The number of carbonyl (C=O) groups is 4. The van der Waals surface area contributed by atoms with Crippen LogP contribution in [0, 0.1) is 23.7 Å². The number of esters is 1. The topological polar surface area (TPSA) is 90.0 Å². The first-order valence-electron chi connectivity index (χ1n) is 9.17. The molecule has 0 aromatic heterocycles. The van der Waals surface area contributed by atoms with E-state index in [-0.39, 0.29) is 41.3 Å². The fourth-order valence-corrected chi connectivity index (χ4v) is 4.83. The highest BCUT2D eigenvalue weighted by atomic mass is 16.5. The minimum Gasteiger partial charge on any atom is -0.497 e. The van der Waals surface area contributed by atoms with Crippen molar-refractivity contribution in [3.63, 3.8) is 0 Å². The molecule has 2 saturated carbocycles. The van der Waals surface area contributed by atoms with Crippen LogP contribution < -0.4 is 4.74 Å². The Labute approximate surface area is 156 Å². The summed E-state index contributed by atoms with van der Waals surface area (Å²) in [5.41, 5.74) is 0.363. The predicted molar refractivity (Wildman–Crippen MR) is 92.8 cm³/mol. The third kappa shape index (κ3) is 3.01. The van der Waals surface area contributed by atoms with E-state index in [4.69, 9.17) is 9.47 Å². The zero-order chi connectivity index (χ0) is 19.1. The second-order valence-corrected chi connectivity index (χ2v) is 7.46. The average molecular weight is 371 g/mol. The number of imide groups is 1. The molecule has 1 heterocycles. The van der Waals surface area contributed by atoms with Gasteiger partial charge in [-0.25, -0.2) is 0 Å². The number of methoxy groups -OCH3 is 1. The Morgan fingerprint density at radius 1 is 1.11 bits per heavy atom. The Hall–Kier alpha value is -2.70. The molecule has 4 unspecified atom stereocenters. The van der Waals surface area contributed by atoms with Gasteiger partial charge in [-0.1, -0.05) is 12.1 Å². The van der Waals surface area contributed by atoms with Gasteiger partial charge >= 0.3 is 5.97 Å². The van der Waals surface area contributed by atoms with Crippen LogP contribution in [-0.4, -0.2) is 48.7 Å². The Kier molecular flexibility index (Phi) is 4.45. The van der Waals surface area contributed by atoms with Gasteiger partial charge in [-0.05, 0) is 43.2 Å². The first-order chi connectivity index (χ1) is 13.0. The van der Waals surface area contributed by atoms with Gasteiger partial charge in [0.2, 0.25) is 11.8 Å². The molecule has 2 aliphatic carbocycles. The van der Waals surface area contributed by atoms with Crippen LogP contribution in [0.2, 0.25) is 0 Å². The van der Waals surface area contributed by atoms with E-state index in [0.29, 0.717) is 11.3 Å². The second-order valence-electron chi connectivity index (χ2n) is 7.46. The number of hydrogen-bond acceptors (Lipinski definition) is 6. The van der Waals surface area contributed by atoms with E-state index in [9.17, 15) is 19.2 Å². The summed E-state index contributed by atoms with van der Waals surface area (Å²) in [5, 5.41) is 0. The molecule has 0 radical (unpaired) electrons. The van der Waals surface area contributed by atoms with Gasteiger partial charge in [0.05, 0.1) is 18.9 Å². The fraction of sp³-hybridized carbons (Fsp3) is 0.500. The predicted octanol–water partition coefficient (Wildman–Crippen LogP) is 1.45. The molecule has 142 valence electrons. The highest BCUT2D eigenvalue weighted by Gasteiger charge is 2.61. The van der Waals surface area contributed by atoms with Gasteiger partial charge < -0.3 is 9.47 Å². The van der Waals surface area contributed by atoms with Crippen molar-refractivity contribution in [1.29, 1.82) is 0 Å². The number of hydrogen-bond donors (Lipinski definition) is 0. The second kappa shape index (κ2) is 6.79. The number of amides is 2. The number of likely N-dealkylation sites (tertiary alicyclic amines) is 1. The van der Waals surface area contributed by atoms with Crippen molar-refractivity contribution < 1.29 is 28.7 Å². The molecule has 1 aromatic carbocycles. The molecule has 3 aliphatic rings. The van der Waals surface area contributed by atoms with E-state index in [1.807, 2.05) is 0 Å². The Balaban J connectivity index is 1.34. The minimum absolute atomic E-state index is 0.256. The summed E-state index contributed by atoms with van der Waals surface area (Å²) in [6.07, 6.45) is 2.91. The van der Waals surface area contributed by atoms with Gasteiger partial charge in [0, 0.05) is 5.56 Å². The van der Waals surface area contributed by atoms with E-state index in [0.717, 1.165) is 24.2 Å². The first-order valence-corrected chi connectivity index (χ1v) is 9.17. The third-order valence-corrected chi connectivity index (χ3v) is 6.06. The van der Waals surface area contributed by atoms with Gasteiger partial charge in [0.25, 0.3) is 0 Å². The molecule has 0 spiro atoms. The summed E-state index contributed by atoms with van der Waals surface area (Å²) in [7, 11) is 1.50. The molecular weight excluding hydrogens is 350 g/mol. The molecule has 4 atom stereocenters. The highest BCUT2D eigenvalue weighted by Crippen LogP contribution is 2.56. The lowest BCUT2D eigenvalue weighted by Crippen LogP contribution is -2.38. The van der Waals surface area contributed by atoms with Crippen molar-refractivity contribution >= 4 is 23.6 Å². The Bertz CT molecular complexity index is 790. The minimum atomic E-state index is -0.750. The van der Waals surface area contributed by atoms with Crippen molar-refractivity contribution in [2.75, 3.05) is 20.3 Å². The van der Waals surface area contributed by atoms with Gasteiger partial charge in [0.1, 0.15) is 12.3 Å². The number of fused-ring (bicyclic) bond motifs is 5. The average Bonchev–Trinajstić information content (AvgIpc) is 3.36. The molecular formula is C20H21NO6. The lowest BCUT2D eigenvalue weighted by molar-refractivity contribution is -0.152. The fourth-order valence-electron chi connectivity index (χ4n) is 4.83. The zero-order valence-electron chi connectivity index (χ0n) is 15.1. The summed E-state index contributed by atoms with van der Waals surface area (Å²) in [6, 6.07) is 6.53. The summed E-state index contributed by atoms with van der Waals surface area (Å²) in [6.45, 7) is -0.865. The molecule has 27 heavy (non-hydrogen) atoms. The van der Waals surface area contributed by atoms with Gasteiger partial charge in [-0.3, -0.25) is 24.1 Å². The van der Waals surface area contributed by atoms with Crippen LogP contribution in [0.15, 0.2) is 24.3 Å². The summed E-state index contributed by atoms with van der Waals surface area (Å²) in [4.78, 5) is 50.4. The van der Waals surface area contributed by atoms with Crippen LogP contribution >= 0.6 is 0 Å². The van der Waals surface area contributed by atoms with Gasteiger partial charge in [-0.15, -0.1) is 0 Å². The van der Waals surface area contributed by atoms with Crippen LogP contribution in [-0.2, 0) is 19.1 Å². The summed E-state index contributed by atoms with van der Waals surface area (Å²) in [5.74, 6) is -1.09. The van der Waals surface area contributed by atoms with Crippen LogP contribution in [0.5, 0.6) is 5.75 Å². The number of ketones is 1. The maximum atomic E-state index is 12.6. The molecule has 4 rings (SSSR count). The number of ether oxygens (including phenoxy) is 2. The number of benzene rings is 1. The first kappa shape index (κ1) is 17.7. The molecule has 1 saturated heterocycles.